The van der Waals surface area contributed by atoms with Gasteiger partial charge in [-0.3, -0.25) is 4.79 Å². The van der Waals surface area contributed by atoms with E-state index in [1.807, 2.05) is 6.07 Å². The number of rotatable bonds is 4. The number of hydrogen-bond acceptors (Lipinski definition) is 3. The predicted octanol–water partition coefficient (Wildman–Crippen LogP) is 4.45. The molecule has 3 aromatic carbocycles. The number of para-hydroxylation sites is 2. The summed E-state index contributed by atoms with van der Waals surface area (Å²) in [7, 11) is 0. The van der Waals surface area contributed by atoms with Crippen LogP contribution in [0.5, 0.6) is 5.75 Å². The third-order valence-electron chi connectivity index (χ3n) is 4.14. The van der Waals surface area contributed by atoms with Crippen LogP contribution in [-0.4, -0.2) is 9.97 Å². The lowest BCUT2D eigenvalue weighted by Crippen LogP contribution is -2.09. The minimum absolute atomic E-state index is 0.0137. The molecule has 27 heavy (non-hydrogen) atoms. The summed E-state index contributed by atoms with van der Waals surface area (Å²) < 4.78 is 32.4. The number of hydrogen-bond donors (Lipinski definition) is 1. The second kappa shape index (κ2) is 6.99. The Morgan fingerprint density at radius 3 is 2.33 bits per heavy atom. The Morgan fingerprint density at radius 1 is 0.889 bits per heavy atom. The molecule has 0 bridgehead atoms. The highest BCUT2D eigenvalue weighted by molar-refractivity contribution is 5.79. The Kier molecular flexibility index (Phi) is 4.38. The lowest BCUT2D eigenvalue weighted by molar-refractivity contribution is 0.274. The van der Waals surface area contributed by atoms with Crippen molar-refractivity contribution >= 4 is 10.9 Å². The number of aromatic amines is 1. The van der Waals surface area contributed by atoms with Gasteiger partial charge in [0.1, 0.15) is 12.4 Å². The van der Waals surface area contributed by atoms with Crippen molar-refractivity contribution in [2.24, 2.45) is 0 Å². The molecule has 0 aliphatic carbocycles. The fraction of sp³-hybridized carbons (Fsp3) is 0.0476. The van der Waals surface area contributed by atoms with Crippen molar-refractivity contribution in [1.82, 2.24) is 9.97 Å². The van der Waals surface area contributed by atoms with E-state index in [9.17, 15) is 13.6 Å². The summed E-state index contributed by atoms with van der Waals surface area (Å²) in [5.41, 5.74) is 1.85. The van der Waals surface area contributed by atoms with Crippen LogP contribution in [-0.2, 0) is 6.61 Å². The molecular weight excluding hydrogens is 350 g/mol. The molecule has 1 heterocycles. The maximum Gasteiger partial charge on any atom is 0.259 e. The molecule has 0 aliphatic heterocycles. The molecule has 1 N–H and O–H groups in total. The summed E-state index contributed by atoms with van der Waals surface area (Å²) in [6.07, 6.45) is 0. The number of halogens is 2. The van der Waals surface area contributed by atoms with Crippen LogP contribution in [0.1, 0.15) is 5.56 Å². The van der Waals surface area contributed by atoms with Crippen molar-refractivity contribution in [3.05, 3.63) is 94.3 Å². The minimum Gasteiger partial charge on any atom is -0.483 e. The zero-order valence-corrected chi connectivity index (χ0v) is 14.1. The summed E-state index contributed by atoms with van der Waals surface area (Å²) in [5, 5.41) is 0.526. The highest BCUT2D eigenvalue weighted by Gasteiger charge is 2.10. The number of aromatic nitrogens is 2. The average molecular weight is 364 g/mol. The molecule has 4 aromatic rings. The first-order valence-electron chi connectivity index (χ1n) is 8.27. The van der Waals surface area contributed by atoms with Crippen LogP contribution >= 0.6 is 0 Å². The van der Waals surface area contributed by atoms with Crippen LogP contribution in [0.3, 0.4) is 0 Å². The summed E-state index contributed by atoms with van der Waals surface area (Å²) in [6, 6.07) is 17.7. The normalized spacial score (nSPS) is 10.9. The maximum absolute atomic E-state index is 13.6. The summed E-state index contributed by atoms with van der Waals surface area (Å²) >= 11 is 0. The van der Waals surface area contributed by atoms with Crippen molar-refractivity contribution in [3.8, 4) is 17.1 Å². The molecule has 0 saturated heterocycles. The van der Waals surface area contributed by atoms with E-state index in [4.69, 9.17) is 4.74 Å². The molecule has 0 amide bonds. The molecule has 0 spiro atoms. The van der Waals surface area contributed by atoms with Gasteiger partial charge in [-0.1, -0.05) is 42.5 Å². The Hall–Kier alpha value is -3.54. The molecule has 0 saturated carbocycles. The standard InChI is InChI=1S/C21H14F2N2O2/c22-16-5-3-6-17(23)19(16)27-12-13-8-10-14(11-9-13)20-24-18-7-2-1-4-15(18)21(26)25-20/h1-11H,12H2,(H,24,25,26). The van der Waals surface area contributed by atoms with E-state index in [-0.39, 0.29) is 12.2 Å². The number of ether oxygens (including phenoxy) is 1. The van der Waals surface area contributed by atoms with E-state index in [0.29, 0.717) is 16.7 Å². The second-order valence-corrected chi connectivity index (χ2v) is 5.97. The molecule has 1 aromatic heterocycles. The quantitative estimate of drug-likeness (QED) is 0.582. The van der Waals surface area contributed by atoms with Gasteiger partial charge >= 0.3 is 0 Å². The largest absolute Gasteiger partial charge is 0.483 e. The molecule has 0 radical (unpaired) electrons. The van der Waals surface area contributed by atoms with Crippen LogP contribution in [0.15, 0.2) is 71.5 Å². The van der Waals surface area contributed by atoms with E-state index in [1.165, 1.54) is 6.07 Å². The van der Waals surface area contributed by atoms with Gasteiger partial charge in [0.15, 0.2) is 17.4 Å². The van der Waals surface area contributed by atoms with E-state index >= 15 is 0 Å². The highest BCUT2D eigenvalue weighted by atomic mass is 19.1. The zero-order valence-electron chi connectivity index (χ0n) is 14.1. The molecule has 0 fully saturated rings. The van der Waals surface area contributed by atoms with Crippen molar-refractivity contribution in [1.29, 1.82) is 0 Å². The molecule has 4 rings (SSSR count). The summed E-state index contributed by atoms with van der Waals surface area (Å²) in [6.45, 7) is 0.0137. The second-order valence-electron chi connectivity index (χ2n) is 5.97. The molecule has 0 atom stereocenters. The molecule has 0 aliphatic rings. The predicted molar refractivity (Wildman–Crippen MR) is 98.5 cm³/mol. The van der Waals surface area contributed by atoms with Gasteiger partial charge in [-0.05, 0) is 29.8 Å². The van der Waals surface area contributed by atoms with Crippen LogP contribution in [0, 0.1) is 11.6 Å². The summed E-state index contributed by atoms with van der Waals surface area (Å²) in [5.74, 6) is -1.44. The van der Waals surface area contributed by atoms with Crippen LogP contribution < -0.4 is 10.3 Å². The third kappa shape index (κ3) is 3.42. The average Bonchev–Trinajstić information content (AvgIpc) is 2.68. The number of nitrogens with one attached hydrogen (secondary N) is 1. The van der Waals surface area contributed by atoms with Gasteiger partial charge < -0.3 is 9.72 Å². The van der Waals surface area contributed by atoms with Gasteiger partial charge in [0.05, 0.1) is 10.9 Å². The zero-order chi connectivity index (χ0) is 18.8. The van der Waals surface area contributed by atoms with Gasteiger partial charge in [0.2, 0.25) is 0 Å². The molecular formula is C21H14F2N2O2. The Morgan fingerprint density at radius 2 is 1.59 bits per heavy atom. The maximum atomic E-state index is 13.6. The fourth-order valence-corrected chi connectivity index (χ4v) is 2.76. The van der Waals surface area contributed by atoms with Crippen molar-refractivity contribution in [2.45, 2.75) is 6.61 Å². The van der Waals surface area contributed by atoms with Gasteiger partial charge in [-0.2, -0.15) is 0 Å². The van der Waals surface area contributed by atoms with E-state index in [1.54, 1.807) is 42.5 Å². The van der Waals surface area contributed by atoms with Crippen LogP contribution in [0.4, 0.5) is 8.78 Å². The first-order valence-corrected chi connectivity index (χ1v) is 8.27. The fourth-order valence-electron chi connectivity index (χ4n) is 2.76. The molecule has 134 valence electrons. The SMILES string of the molecule is O=c1[nH]c(-c2ccc(COc3c(F)cccc3F)cc2)nc2ccccc12. The van der Waals surface area contributed by atoms with Gasteiger partial charge in [0.25, 0.3) is 5.56 Å². The summed E-state index contributed by atoms with van der Waals surface area (Å²) in [4.78, 5) is 19.4. The smallest absolute Gasteiger partial charge is 0.259 e. The first kappa shape index (κ1) is 16.9. The number of nitrogens with zero attached hydrogens (tertiary/aromatic N) is 1. The molecule has 0 unspecified atom stereocenters. The lowest BCUT2D eigenvalue weighted by Gasteiger charge is -2.09. The van der Waals surface area contributed by atoms with E-state index in [0.717, 1.165) is 23.3 Å². The van der Waals surface area contributed by atoms with Gasteiger partial charge in [-0.25, -0.2) is 13.8 Å². The van der Waals surface area contributed by atoms with Crippen LogP contribution in [0.2, 0.25) is 0 Å². The van der Waals surface area contributed by atoms with Gasteiger partial charge in [0, 0.05) is 5.56 Å². The Balaban J connectivity index is 1.57. The number of H-pyrrole nitrogens is 1. The lowest BCUT2D eigenvalue weighted by atomic mass is 10.1. The third-order valence-corrected chi connectivity index (χ3v) is 4.14. The topological polar surface area (TPSA) is 55.0 Å². The Labute approximate surface area is 153 Å². The molecule has 4 nitrogen and oxygen atoms in total. The van der Waals surface area contributed by atoms with E-state index < -0.39 is 17.4 Å². The monoisotopic (exact) mass is 364 g/mol. The first-order chi connectivity index (χ1) is 13.1. The number of fused-ring (bicyclic) bond motifs is 1. The van der Waals surface area contributed by atoms with Gasteiger partial charge in [-0.15, -0.1) is 0 Å². The van der Waals surface area contributed by atoms with Crippen molar-refractivity contribution < 1.29 is 13.5 Å². The highest BCUT2D eigenvalue weighted by Crippen LogP contribution is 2.23. The molecule has 6 heteroatoms. The van der Waals surface area contributed by atoms with Crippen molar-refractivity contribution in [2.75, 3.05) is 0 Å². The minimum atomic E-state index is -0.746. The van der Waals surface area contributed by atoms with Crippen molar-refractivity contribution in [3.63, 3.8) is 0 Å². The number of benzene rings is 3. The van der Waals surface area contributed by atoms with Crippen LogP contribution in [0.25, 0.3) is 22.3 Å². The van der Waals surface area contributed by atoms with E-state index in [2.05, 4.69) is 9.97 Å². The Bertz CT molecular complexity index is 1150.